The molecule has 0 saturated heterocycles. The van der Waals surface area contributed by atoms with Crippen LogP contribution in [0.15, 0.2) is 41.4 Å². The number of nitrogen functional groups attached to an aromatic ring is 1. The van der Waals surface area contributed by atoms with Gasteiger partial charge in [-0.25, -0.2) is 9.97 Å². The maximum atomic E-state index is 5.74. The van der Waals surface area contributed by atoms with E-state index in [-0.39, 0.29) is 0 Å². The van der Waals surface area contributed by atoms with Gasteiger partial charge in [-0.05, 0) is 5.56 Å². The molecule has 0 atom stereocenters. The van der Waals surface area contributed by atoms with Gasteiger partial charge in [0.25, 0.3) is 0 Å². The van der Waals surface area contributed by atoms with E-state index in [1.54, 1.807) is 24.9 Å². The van der Waals surface area contributed by atoms with Crippen molar-refractivity contribution in [2.75, 3.05) is 12.8 Å². The highest BCUT2D eigenvalue weighted by atomic mass is 32.2. The van der Waals surface area contributed by atoms with E-state index >= 15 is 0 Å². The lowest BCUT2D eigenvalue weighted by molar-refractivity contribution is 0.177. The van der Waals surface area contributed by atoms with Gasteiger partial charge in [0.2, 0.25) is 0 Å². The number of hydrogen-bond acceptors (Lipinski definition) is 5. The van der Waals surface area contributed by atoms with Gasteiger partial charge in [-0.15, -0.1) is 11.8 Å². The van der Waals surface area contributed by atoms with E-state index in [0.29, 0.717) is 18.2 Å². The first-order chi connectivity index (χ1) is 8.78. The summed E-state index contributed by atoms with van der Waals surface area (Å²) >= 11 is 1.64. The molecule has 0 spiro atoms. The third-order valence-corrected chi connectivity index (χ3v) is 3.25. The minimum Gasteiger partial charge on any atom is -0.384 e. The molecule has 0 bridgehead atoms. The summed E-state index contributed by atoms with van der Waals surface area (Å²) in [6.45, 7) is 0.379. The van der Waals surface area contributed by atoms with Gasteiger partial charge in [0.15, 0.2) is 5.82 Å². The lowest BCUT2D eigenvalue weighted by Gasteiger charge is -2.05. The Balaban J connectivity index is 2.05. The summed E-state index contributed by atoms with van der Waals surface area (Å²) in [6, 6.07) is 12.0. The number of nitrogens with two attached hydrogens (primary N) is 1. The van der Waals surface area contributed by atoms with Gasteiger partial charge in [0.05, 0.1) is 0 Å². The molecule has 0 unspecified atom stereocenters. The van der Waals surface area contributed by atoms with Crippen molar-refractivity contribution in [2.45, 2.75) is 17.4 Å². The minimum atomic E-state index is 0.379. The lowest BCUT2D eigenvalue weighted by atomic mass is 10.2. The Morgan fingerprint density at radius 1 is 1.22 bits per heavy atom. The molecule has 0 aliphatic heterocycles. The van der Waals surface area contributed by atoms with Crippen molar-refractivity contribution < 1.29 is 4.74 Å². The second-order valence-electron chi connectivity index (χ2n) is 3.75. The number of thioether (sulfide) groups is 1. The van der Waals surface area contributed by atoms with Crippen molar-refractivity contribution >= 4 is 17.6 Å². The molecule has 4 nitrogen and oxygen atoms in total. The van der Waals surface area contributed by atoms with Crippen molar-refractivity contribution in [2.24, 2.45) is 0 Å². The van der Waals surface area contributed by atoms with Crippen LogP contribution < -0.4 is 5.73 Å². The number of ether oxygens (including phenoxy) is 1. The number of methoxy groups -OCH3 is 1. The van der Waals surface area contributed by atoms with E-state index < -0.39 is 0 Å². The molecule has 2 aromatic rings. The lowest BCUT2D eigenvalue weighted by Crippen LogP contribution is -2.01. The molecule has 0 fully saturated rings. The minimum absolute atomic E-state index is 0.379. The largest absolute Gasteiger partial charge is 0.384 e. The molecule has 0 radical (unpaired) electrons. The molecule has 1 aromatic heterocycles. The highest BCUT2D eigenvalue weighted by Crippen LogP contribution is 2.22. The van der Waals surface area contributed by atoms with E-state index in [9.17, 15) is 0 Å². The highest BCUT2D eigenvalue weighted by Gasteiger charge is 2.03. The first-order valence-corrected chi connectivity index (χ1v) is 6.55. The summed E-state index contributed by atoms with van der Waals surface area (Å²) in [5, 5.41) is 0.874. The average molecular weight is 261 g/mol. The van der Waals surface area contributed by atoms with Crippen LogP contribution >= 0.6 is 11.8 Å². The van der Waals surface area contributed by atoms with Crippen molar-refractivity contribution in [3.05, 3.63) is 47.8 Å². The van der Waals surface area contributed by atoms with Crippen LogP contribution in [0.2, 0.25) is 0 Å². The molecule has 0 saturated carbocycles. The first kappa shape index (κ1) is 12.9. The normalized spacial score (nSPS) is 10.5. The Hall–Kier alpha value is -1.59. The fourth-order valence-electron chi connectivity index (χ4n) is 1.49. The Morgan fingerprint density at radius 3 is 2.72 bits per heavy atom. The van der Waals surface area contributed by atoms with E-state index in [1.807, 2.05) is 18.2 Å². The molecule has 2 rings (SSSR count). The Bertz CT molecular complexity index is 505. The van der Waals surface area contributed by atoms with Crippen LogP contribution in [0.5, 0.6) is 0 Å². The number of nitrogens with zero attached hydrogens (tertiary/aromatic N) is 2. The van der Waals surface area contributed by atoms with Crippen molar-refractivity contribution in [1.82, 2.24) is 9.97 Å². The fraction of sp³-hybridized carbons (Fsp3) is 0.231. The summed E-state index contributed by atoms with van der Waals surface area (Å²) < 4.78 is 5.01. The van der Waals surface area contributed by atoms with Crippen LogP contribution in [0.3, 0.4) is 0 Å². The number of anilines is 1. The molecule has 1 heterocycles. The summed E-state index contributed by atoms with van der Waals surface area (Å²) in [4.78, 5) is 8.49. The van der Waals surface area contributed by atoms with Gasteiger partial charge in [-0.2, -0.15) is 0 Å². The second-order valence-corrected chi connectivity index (χ2v) is 4.75. The summed E-state index contributed by atoms with van der Waals surface area (Å²) in [7, 11) is 1.61. The second kappa shape index (κ2) is 6.37. The molecule has 2 N–H and O–H groups in total. The summed E-state index contributed by atoms with van der Waals surface area (Å²) in [5.41, 5.74) is 7.00. The Kier molecular flexibility index (Phi) is 4.55. The SMILES string of the molecule is COCc1nc(N)cc(SCc2ccccc2)n1. The smallest absolute Gasteiger partial charge is 0.157 e. The van der Waals surface area contributed by atoms with Gasteiger partial charge in [-0.3, -0.25) is 0 Å². The first-order valence-electron chi connectivity index (χ1n) is 5.57. The summed E-state index contributed by atoms with van der Waals surface area (Å²) in [5.74, 6) is 1.96. The molecule has 0 aliphatic rings. The van der Waals surface area contributed by atoms with Crippen LogP contribution in [0.4, 0.5) is 5.82 Å². The molecule has 94 valence electrons. The van der Waals surface area contributed by atoms with E-state index in [4.69, 9.17) is 10.5 Å². The zero-order chi connectivity index (χ0) is 12.8. The van der Waals surface area contributed by atoms with Gasteiger partial charge >= 0.3 is 0 Å². The topological polar surface area (TPSA) is 61.0 Å². The highest BCUT2D eigenvalue weighted by molar-refractivity contribution is 7.98. The fourth-order valence-corrected chi connectivity index (χ4v) is 2.37. The van der Waals surface area contributed by atoms with Crippen LogP contribution in [-0.4, -0.2) is 17.1 Å². The predicted octanol–water partition coefficient (Wildman–Crippen LogP) is 2.50. The van der Waals surface area contributed by atoms with Gasteiger partial charge in [0, 0.05) is 18.9 Å². The van der Waals surface area contributed by atoms with Crippen LogP contribution in [-0.2, 0) is 17.1 Å². The van der Waals surface area contributed by atoms with Crippen molar-refractivity contribution in [3.63, 3.8) is 0 Å². The molecular formula is C13H15N3OS. The third-order valence-electron chi connectivity index (χ3n) is 2.27. The van der Waals surface area contributed by atoms with Gasteiger partial charge in [-0.1, -0.05) is 30.3 Å². The number of benzene rings is 1. The van der Waals surface area contributed by atoms with Crippen molar-refractivity contribution in [3.8, 4) is 0 Å². The molecule has 1 aromatic carbocycles. The molecule has 0 aliphatic carbocycles. The molecular weight excluding hydrogens is 246 g/mol. The molecule has 0 amide bonds. The quantitative estimate of drug-likeness (QED) is 0.662. The monoisotopic (exact) mass is 261 g/mol. The zero-order valence-corrected chi connectivity index (χ0v) is 11.0. The van der Waals surface area contributed by atoms with E-state index in [2.05, 4.69) is 22.1 Å². The predicted molar refractivity (Wildman–Crippen MR) is 73.2 cm³/mol. The Labute approximate surface area is 111 Å². The van der Waals surface area contributed by atoms with E-state index in [0.717, 1.165) is 10.8 Å². The molecule has 18 heavy (non-hydrogen) atoms. The maximum absolute atomic E-state index is 5.74. The molecule has 5 heteroatoms. The van der Waals surface area contributed by atoms with Gasteiger partial charge in [0.1, 0.15) is 17.5 Å². The standard InChI is InChI=1S/C13H15N3OS/c1-17-8-12-15-11(14)7-13(16-12)18-9-10-5-3-2-4-6-10/h2-7H,8-9H2,1H3,(H2,14,15,16). The third kappa shape index (κ3) is 3.72. The van der Waals surface area contributed by atoms with Crippen LogP contribution in [0.25, 0.3) is 0 Å². The summed E-state index contributed by atoms with van der Waals surface area (Å²) in [6.07, 6.45) is 0. The Morgan fingerprint density at radius 2 is 2.00 bits per heavy atom. The number of rotatable bonds is 5. The van der Waals surface area contributed by atoms with Crippen molar-refractivity contribution in [1.29, 1.82) is 0 Å². The number of aromatic nitrogens is 2. The van der Waals surface area contributed by atoms with E-state index in [1.165, 1.54) is 5.56 Å². The van der Waals surface area contributed by atoms with Crippen LogP contribution in [0, 0.1) is 0 Å². The number of hydrogen-bond donors (Lipinski definition) is 1. The zero-order valence-electron chi connectivity index (χ0n) is 10.2. The van der Waals surface area contributed by atoms with Gasteiger partial charge < -0.3 is 10.5 Å². The van der Waals surface area contributed by atoms with Crippen LogP contribution in [0.1, 0.15) is 11.4 Å². The average Bonchev–Trinajstić information content (AvgIpc) is 2.37. The maximum Gasteiger partial charge on any atom is 0.157 e.